The summed E-state index contributed by atoms with van der Waals surface area (Å²) in [5, 5.41) is 3.33. The topological polar surface area (TPSA) is 52.7 Å². The number of halogens is 3. The first-order valence-corrected chi connectivity index (χ1v) is 9.76. The minimum atomic E-state index is -4.41. The largest absolute Gasteiger partial charge is 0.416 e. The van der Waals surface area contributed by atoms with Crippen LogP contribution in [-0.2, 0) is 11.0 Å². The summed E-state index contributed by atoms with van der Waals surface area (Å²) in [4.78, 5) is 28.8. The van der Waals surface area contributed by atoms with Gasteiger partial charge in [-0.3, -0.25) is 9.59 Å². The van der Waals surface area contributed by atoms with E-state index in [9.17, 15) is 22.8 Å². The number of nitrogens with zero attached hydrogens (tertiary/aromatic N) is 2. The zero-order valence-electron chi connectivity index (χ0n) is 15.6. The van der Waals surface area contributed by atoms with Crippen molar-refractivity contribution in [3.63, 3.8) is 0 Å². The third kappa shape index (κ3) is 3.62. The third-order valence-corrected chi connectivity index (χ3v) is 6.42. The van der Waals surface area contributed by atoms with Gasteiger partial charge in [0.25, 0.3) is 5.91 Å². The summed E-state index contributed by atoms with van der Waals surface area (Å²) in [7, 11) is 0. The van der Waals surface area contributed by atoms with Gasteiger partial charge in [0, 0.05) is 37.7 Å². The Bertz CT molecular complexity index is 749. The lowest BCUT2D eigenvalue weighted by atomic mass is 9.91. The Morgan fingerprint density at radius 3 is 2.11 bits per heavy atom. The minimum Gasteiger partial charge on any atom is -0.339 e. The molecule has 28 heavy (non-hydrogen) atoms. The highest BCUT2D eigenvalue weighted by Gasteiger charge is 2.58. The van der Waals surface area contributed by atoms with Crippen LogP contribution in [0.25, 0.3) is 0 Å². The molecule has 0 radical (unpaired) electrons. The summed E-state index contributed by atoms with van der Waals surface area (Å²) >= 11 is 0. The number of nitrogens with one attached hydrogen (secondary N) is 1. The van der Waals surface area contributed by atoms with Gasteiger partial charge in [0.2, 0.25) is 5.91 Å². The van der Waals surface area contributed by atoms with Gasteiger partial charge in [0.15, 0.2) is 0 Å². The molecule has 8 heteroatoms. The van der Waals surface area contributed by atoms with E-state index < -0.39 is 11.7 Å². The van der Waals surface area contributed by atoms with Crippen LogP contribution in [-0.4, -0.2) is 60.9 Å². The zero-order valence-corrected chi connectivity index (χ0v) is 15.6. The van der Waals surface area contributed by atoms with Crippen LogP contribution < -0.4 is 5.32 Å². The van der Waals surface area contributed by atoms with Crippen LogP contribution in [0.5, 0.6) is 0 Å². The zero-order chi connectivity index (χ0) is 19.9. The number of hydrogen-bond acceptors (Lipinski definition) is 3. The van der Waals surface area contributed by atoms with E-state index in [1.165, 1.54) is 12.1 Å². The highest BCUT2D eigenvalue weighted by Crippen LogP contribution is 2.59. The van der Waals surface area contributed by atoms with E-state index in [0.29, 0.717) is 26.2 Å². The molecule has 1 atom stereocenters. The molecule has 1 saturated carbocycles. The van der Waals surface area contributed by atoms with Gasteiger partial charge in [0.1, 0.15) is 0 Å². The smallest absolute Gasteiger partial charge is 0.339 e. The molecular formula is C20H24F3N3O2. The van der Waals surface area contributed by atoms with Crippen LogP contribution in [0.3, 0.4) is 0 Å². The first-order valence-electron chi connectivity index (χ1n) is 9.76. The van der Waals surface area contributed by atoms with Gasteiger partial charge in [-0.15, -0.1) is 0 Å². The van der Waals surface area contributed by atoms with Crippen LogP contribution in [0.2, 0.25) is 0 Å². The van der Waals surface area contributed by atoms with Crippen molar-refractivity contribution in [2.24, 2.45) is 11.3 Å². The molecule has 1 aromatic carbocycles. The third-order valence-electron chi connectivity index (χ3n) is 6.42. The van der Waals surface area contributed by atoms with Crippen molar-refractivity contribution in [2.75, 3.05) is 39.3 Å². The van der Waals surface area contributed by atoms with Crippen molar-refractivity contribution >= 4 is 11.8 Å². The SMILES string of the molecule is O=C(c1ccc(C(F)(F)F)cc1)N1CCN(C(=O)C2CC23CCNCC3)CC1. The fourth-order valence-electron chi connectivity index (χ4n) is 4.51. The van der Waals surface area contributed by atoms with Crippen LogP contribution in [0.1, 0.15) is 35.2 Å². The van der Waals surface area contributed by atoms with Crippen LogP contribution in [0.15, 0.2) is 24.3 Å². The Morgan fingerprint density at radius 1 is 0.964 bits per heavy atom. The quantitative estimate of drug-likeness (QED) is 0.837. The molecule has 1 aromatic rings. The van der Waals surface area contributed by atoms with E-state index in [1.54, 1.807) is 4.90 Å². The van der Waals surface area contributed by atoms with Gasteiger partial charge in [-0.05, 0) is 62.0 Å². The Kier molecular flexibility index (Phi) is 4.85. The molecule has 1 N–H and O–H groups in total. The number of rotatable bonds is 2. The maximum atomic E-state index is 12.8. The van der Waals surface area contributed by atoms with E-state index in [4.69, 9.17) is 0 Å². The average Bonchev–Trinajstić information content (AvgIpc) is 3.39. The first-order chi connectivity index (χ1) is 13.3. The monoisotopic (exact) mass is 395 g/mol. The molecule has 152 valence electrons. The number of benzene rings is 1. The summed E-state index contributed by atoms with van der Waals surface area (Å²) in [5.41, 5.74) is -0.338. The number of piperazine rings is 1. The van der Waals surface area contributed by atoms with E-state index in [0.717, 1.165) is 44.5 Å². The molecule has 5 nitrogen and oxygen atoms in total. The van der Waals surface area contributed by atoms with E-state index in [-0.39, 0.29) is 28.7 Å². The summed E-state index contributed by atoms with van der Waals surface area (Å²) < 4.78 is 38.0. The van der Waals surface area contributed by atoms with Crippen molar-refractivity contribution in [1.82, 2.24) is 15.1 Å². The second-order valence-corrected chi connectivity index (χ2v) is 8.06. The summed E-state index contributed by atoms with van der Waals surface area (Å²) in [5.74, 6) is 0.0253. The molecule has 3 fully saturated rings. The fraction of sp³-hybridized carbons (Fsp3) is 0.600. The molecule has 1 spiro atoms. The number of piperidine rings is 1. The standard InChI is InChI=1S/C20H24F3N3O2/c21-20(22,23)15-3-1-14(2-4-15)17(27)25-9-11-26(12-10-25)18(28)16-13-19(16)5-7-24-8-6-19/h1-4,16,24H,5-13H2. The average molecular weight is 395 g/mol. The molecule has 0 bridgehead atoms. The summed E-state index contributed by atoms with van der Waals surface area (Å²) in [6.45, 7) is 3.73. The number of carbonyl (C=O) groups excluding carboxylic acids is 2. The first kappa shape index (κ1) is 19.2. The number of amides is 2. The van der Waals surface area contributed by atoms with Crippen molar-refractivity contribution in [3.05, 3.63) is 35.4 Å². The summed E-state index contributed by atoms with van der Waals surface area (Å²) in [6, 6.07) is 4.29. The van der Waals surface area contributed by atoms with Crippen molar-refractivity contribution in [2.45, 2.75) is 25.4 Å². The normalized spacial score (nSPS) is 24.3. The molecule has 2 heterocycles. The molecule has 2 amide bonds. The second-order valence-electron chi connectivity index (χ2n) is 8.06. The Labute approximate surface area is 161 Å². The molecule has 1 aliphatic carbocycles. The van der Waals surface area contributed by atoms with Crippen molar-refractivity contribution in [1.29, 1.82) is 0 Å². The van der Waals surface area contributed by atoms with E-state index in [1.807, 2.05) is 4.90 Å². The molecule has 4 rings (SSSR count). The van der Waals surface area contributed by atoms with Gasteiger partial charge < -0.3 is 15.1 Å². The second kappa shape index (κ2) is 7.06. The van der Waals surface area contributed by atoms with Crippen molar-refractivity contribution in [3.8, 4) is 0 Å². The van der Waals surface area contributed by atoms with Crippen LogP contribution in [0.4, 0.5) is 13.2 Å². The van der Waals surface area contributed by atoms with Gasteiger partial charge in [-0.25, -0.2) is 0 Å². The van der Waals surface area contributed by atoms with Crippen LogP contribution in [0, 0.1) is 11.3 Å². The minimum absolute atomic E-state index is 0.117. The van der Waals surface area contributed by atoms with E-state index in [2.05, 4.69) is 5.32 Å². The maximum Gasteiger partial charge on any atom is 0.416 e. The molecule has 3 aliphatic rings. The lowest BCUT2D eigenvalue weighted by Gasteiger charge is -2.35. The highest BCUT2D eigenvalue weighted by molar-refractivity contribution is 5.94. The van der Waals surface area contributed by atoms with E-state index >= 15 is 0 Å². The lowest BCUT2D eigenvalue weighted by molar-refractivity contribution is -0.137. The Morgan fingerprint density at radius 2 is 1.54 bits per heavy atom. The van der Waals surface area contributed by atoms with Crippen LogP contribution >= 0.6 is 0 Å². The molecule has 2 aliphatic heterocycles. The number of carbonyl (C=O) groups is 2. The fourth-order valence-corrected chi connectivity index (χ4v) is 4.51. The molecule has 2 saturated heterocycles. The molecule has 0 aromatic heterocycles. The maximum absolute atomic E-state index is 12.8. The Balaban J connectivity index is 1.31. The number of alkyl halides is 3. The van der Waals surface area contributed by atoms with Crippen molar-refractivity contribution < 1.29 is 22.8 Å². The van der Waals surface area contributed by atoms with Gasteiger partial charge in [-0.1, -0.05) is 0 Å². The highest BCUT2D eigenvalue weighted by atomic mass is 19.4. The predicted octanol–water partition coefficient (Wildman–Crippen LogP) is 2.38. The lowest BCUT2D eigenvalue weighted by Crippen LogP contribution is -2.51. The Hall–Kier alpha value is -2.09. The van der Waals surface area contributed by atoms with Gasteiger partial charge in [-0.2, -0.15) is 13.2 Å². The predicted molar refractivity (Wildman–Crippen MR) is 96.6 cm³/mol. The molecular weight excluding hydrogens is 371 g/mol. The number of hydrogen-bond donors (Lipinski definition) is 1. The summed E-state index contributed by atoms with van der Waals surface area (Å²) in [6.07, 6.45) is -1.34. The molecule has 1 unspecified atom stereocenters. The van der Waals surface area contributed by atoms with Gasteiger partial charge >= 0.3 is 6.18 Å². The van der Waals surface area contributed by atoms with Gasteiger partial charge in [0.05, 0.1) is 5.56 Å².